The van der Waals surface area contributed by atoms with Crippen LogP contribution in [-0.4, -0.2) is 45.7 Å². The molecule has 0 spiro atoms. The van der Waals surface area contributed by atoms with Crippen LogP contribution in [0.15, 0.2) is 47.2 Å². The topological polar surface area (TPSA) is 87.6 Å². The number of rotatable bonds is 6. The van der Waals surface area contributed by atoms with Crippen molar-refractivity contribution in [3.05, 3.63) is 64.1 Å². The lowest BCUT2D eigenvalue weighted by molar-refractivity contribution is -0.130. The first-order chi connectivity index (χ1) is 14.2. The molecule has 1 fully saturated rings. The van der Waals surface area contributed by atoms with Crippen molar-refractivity contribution >= 4 is 33.6 Å². The second-order valence-corrected chi connectivity index (χ2v) is 8.61. The fraction of sp³-hybridized carbons (Fsp3) is 0.364. The molecule has 0 bridgehead atoms. The summed E-state index contributed by atoms with van der Waals surface area (Å²) in [5.41, 5.74) is 0.275. The molecule has 3 rings (SSSR count). The lowest BCUT2D eigenvalue weighted by Gasteiger charge is -2.37. The summed E-state index contributed by atoms with van der Waals surface area (Å²) in [6.45, 7) is 2.40. The molecule has 0 saturated carbocycles. The fourth-order valence-electron chi connectivity index (χ4n) is 3.71. The molecule has 6 nitrogen and oxygen atoms in total. The summed E-state index contributed by atoms with van der Waals surface area (Å²) in [5.74, 6) is -1.53. The minimum absolute atomic E-state index is 0.0176. The zero-order chi connectivity index (χ0) is 21.9. The van der Waals surface area contributed by atoms with E-state index in [9.17, 15) is 18.8 Å². The normalized spacial score (nSPS) is 16.7. The molecule has 158 valence electrons. The van der Waals surface area contributed by atoms with Gasteiger partial charge < -0.3 is 10.0 Å². The van der Waals surface area contributed by atoms with E-state index in [4.69, 9.17) is 5.11 Å². The predicted molar refractivity (Wildman–Crippen MR) is 112 cm³/mol. The van der Waals surface area contributed by atoms with Gasteiger partial charge in [0.25, 0.3) is 0 Å². The van der Waals surface area contributed by atoms with Gasteiger partial charge in [-0.25, -0.2) is 14.2 Å². The van der Waals surface area contributed by atoms with Gasteiger partial charge in [-0.3, -0.25) is 9.59 Å². The van der Waals surface area contributed by atoms with Gasteiger partial charge in [-0.2, -0.15) is 0 Å². The van der Waals surface area contributed by atoms with E-state index in [1.165, 1.54) is 29.2 Å². The van der Waals surface area contributed by atoms with Gasteiger partial charge >= 0.3 is 6.09 Å². The summed E-state index contributed by atoms with van der Waals surface area (Å²) < 4.78 is 13.8. The van der Waals surface area contributed by atoms with Crippen molar-refractivity contribution in [3.63, 3.8) is 0 Å². The molecule has 1 aliphatic rings. The van der Waals surface area contributed by atoms with E-state index < -0.39 is 23.2 Å². The molecular weight excluding hydrogens is 455 g/mol. The van der Waals surface area contributed by atoms with Crippen LogP contribution in [0.1, 0.15) is 48.0 Å². The smallest absolute Gasteiger partial charge is 0.407 e. The van der Waals surface area contributed by atoms with Crippen LogP contribution in [0.3, 0.4) is 0 Å². The lowest BCUT2D eigenvalue weighted by Crippen LogP contribution is -2.45. The number of pyridine rings is 1. The molecule has 0 aliphatic carbocycles. The number of carbonyl (C=O) groups is 3. The van der Waals surface area contributed by atoms with Crippen LogP contribution in [0.2, 0.25) is 0 Å². The monoisotopic (exact) mass is 476 g/mol. The first-order valence-electron chi connectivity index (χ1n) is 9.62. The van der Waals surface area contributed by atoms with Crippen molar-refractivity contribution < 1.29 is 23.9 Å². The van der Waals surface area contributed by atoms with Gasteiger partial charge in [0.2, 0.25) is 0 Å². The third-order valence-corrected chi connectivity index (χ3v) is 6.23. The van der Waals surface area contributed by atoms with Crippen molar-refractivity contribution in [1.82, 2.24) is 9.88 Å². The van der Waals surface area contributed by atoms with Gasteiger partial charge in [-0.05, 0) is 70.7 Å². The third kappa shape index (κ3) is 4.92. The summed E-state index contributed by atoms with van der Waals surface area (Å²) in [4.78, 5) is 43.0. The summed E-state index contributed by atoms with van der Waals surface area (Å²) >= 11 is 3.30. The van der Waals surface area contributed by atoms with E-state index in [2.05, 4.69) is 20.9 Å². The molecule has 1 amide bonds. The number of likely N-dealkylation sites (tertiary alicyclic amines) is 1. The van der Waals surface area contributed by atoms with Crippen LogP contribution >= 0.6 is 15.9 Å². The maximum Gasteiger partial charge on any atom is 0.407 e. The molecule has 8 heteroatoms. The van der Waals surface area contributed by atoms with E-state index in [1.807, 2.05) is 6.92 Å². The Balaban J connectivity index is 1.85. The Labute approximate surface area is 182 Å². The van der Waals surface area contributed by atoms with Crippen LogP contribution in [0.4, 0.5) is 9.18 Å². The maximum atomic E-state index is 13.3. The Bertz CT molecular complexity index is 956. The molecule has 0 radical (unpaired) electrons. The minimum atomic E-state index is -0.990. The summed E-state index contributed by atoms with van der Waals surface area (Å²) in [5, 5.41) is 9.14. The van der Waals surface area contributed by atoms with Crippen molar-refractivity contribution in [1.29, 1.82) is 0 Å². The lowest BCUT2D eigenvalue weighted by atomic mass is 9.72. The highest BCUT2D eigenvalue weighted by Crippen LogP contribution is 2.37. The number of nitrogens with zero attached hydrogens (tertiary/aromatic N) is 2. The second kappa shape index (κ2) is 9.04. The number of carbonyl (C=O) groups excluding carboxylic acids is 2. The molecule has 1 aromatic carbocycles. The van der Waals surface area contributed by atoms with Crippen LogP contribution in [0, 0.1) is 11.2 Å². The van der Waals surface area contributed by atoms with Crippen molar-refractivity contribution in [2.45, 2.75) is 32.1 Å². The van der Waals surface area contributed by atoms with E-state index >= 15 is 0 Å². The quantitative estimate of drug-likeness (QED) is 0.482. The zero-order valence-corrected chi connectivity index (χ0v) is 18.1. The van der Waals surface area contributed by atoms with E-state index in [0.29, 0.717) is 28.6 Å². The SMILES string of the molecule is CC1(C(=O)CC(C(=O)c2ccc(F)cc2)c2ccnc(Br)c2)CCN(C(=O)O)CC1. The number of halogens is 2. The Hall–Kier alpha value is -2.61. The van der Waals surface area contributed by atoms with Crippen LogP contribution in [-0.2, 0) is 4.79 Å². The predicted octanol–water partition coefficient (Wildman–Crippen LogP) is 4.69. The Morgan fingerprint density at radius 3 is 2.40 bits per heavy atom. The molecule has 2 aromatic rings. The Morgan fingerprint density at radius 1 is 1.20 bits per heavy atom. The number of amides is 1. The third-order valence-electron chi connectivity index (χ3n) is 5.80. The minimum Gasteiger partial charge on any atom is -0.465 e. The Morgan fingerprint density at radius 2 is 1.83 bits per heavy atom. The average Bonchev–Trinajstić information content (AvgIpc) is 2.72. The molecule has 30 heavy (non-hydrogen) atoms. The largest absolute Gasteiger partial charge is 0.465 e. The van der Waals surface area contributed by atoms with Crippen molar-refractivity contribution in [2.24, 2.45) is 5.41 Å². The average molecular weight is 477 g/mol. The molecule has 1 unspecified atom stereocenters. The van der Waals surface area contributed by atoms with E-state index in [-0.39, 0.29) is 31.1 Å². The molecule has 2 heterocycles. The fourth-order valence-corrected chi connectivity index (χ4v) is 4.10. The maximum absolute atomic E-state index is 13.3. The van der Waals surface area contributed by atoms with Gasteiger partial charge in [0.05, 0.1) is 5.92 Å². The van der Waals surface area contributed by atoms with Crippen molar-refractivity contribution in [2.75, 3.05) is 13.1 Å². The number of piperidine rings is 1. The van der Waals surface area contributed by atoms with Crippen LogP contribution in [0.25, 0.3) is 0 Å². The van der Waals surface area contributed by atoms with Gasteiger partial charge in [0, 0.05) is 36.7 Å². The van der Waals surface area contributed by atoms with Crippen LogP contribution < -0.4 is 0 Å². The Kier molecular flexibility index (Phi) is 6.65. The standard InChI is InChI=1S/C22H22BrFN2O4/c1-22(7-10-26(11-8-22)21(29)30)18(27)13-17(15-6-9-25-19(23)12-15)20(28)14-2-4-16(24)5-3-14/h2-6,9,12,17H,7-8,10-11,13H2,1H3,(H,29,30). The van der Waals surface area contributed by atoms with E-state index in [1.54, 1.807) is 18.3 Å². The molecule has 1 aromatic heterocycles. The summed E-state index contributed by atoms with van der Waals surface area (Å²) in [6, 6.07) is 8.67. The van der Waals surface area contributed by atoms with E-state index in [0.717, 1.165) is 0 Å². The molecule has 1 N–H and O–H groups in total. The van der Waals surface area contributed by atoms with Gasteiger partial charge in [0.15, 0.2) is 5.78 Å². The number of hydrogen-bond acceptors (Lipinski definition) is 4. The molecule has 1 saturated heterocycles. The van der Waals surface area contributed by atoms with Gasteiger partial charge in [-0.15, -0.1) is 0 Å². The molecule has 1 atom stereocenters. The second-order valence-electron chi connectivity index (χ2n) is 7.79. The highest BCUT2D eigenvalue weighted by atomic mass is 79.9. The number of hydrogen-bond donors (Lipinski definition) is 1. The zero-order valence-electron chi connectivity index (χ0n) is 16.5. The number of aromatic nitrogens is 1. The molecular formula is C22H22BrFN2O4. The first kappa shape index (κ1) is 22.1. The highest BCUT2D eigenvalue weighted by molar-refractivity contribution is 9.10. The highest BCUT2D eigenvalue weighted by Gasteiger charge is 2.39. The summed E-state index contributed by atoms with van der Waals surface area (Å²) in [6.07, 6.45) is 1.37. The van der Waals surface area contributed by atoms with Crippen LogP contribution in [0.5, 0.6) is 0 Å². The molecule has 1 aliphatic heterocycles. The van der Waals surface area contributed by atoms with Gasteiger partial charge in [0.1, 0.15) is 16.2 Å². The number of carboxylic acid groups (broad SMARTS) is 1. The first-order valence-corrected chi connectivity index (χ1v) is 10.4. The van der Waals surface area contributed by atoms with Gasteiger partial charge in [-0.1, -0.05) is 6.92 Å². The number of Topliss-reactive ketones (excluding diaryl/α,β-unsaturated/α-hetero) is 2. The number of benzene rings is 1. The van der Waals surface area contributed by atoms with Crippen molar-refractivity contribution in [3.8, 4) is 0 Å². The summed E-state index contributed by atoms with van der Waals surface area (Å²) in [7, 11) is 0. The number of ketones is 2.